The van der Waals surface area contributed by atoms with Crippen molar-refractivity contribution in [3.8, 4) is 0 Å². The van der Waals surface area contributed by atoms with E-state index in [1.165, 1.54) is 16.2 Å². The normalized spacial score (nSPS) is 11.2. The van der Waals surface area contributed by atoms with Gasteiger partial charge in [0.05, 0.1) is 18.8 Å². The number of hydrogen-bond donors (Lipinski definition) is 2. The van der Waals surface area contributed by atoms with Crippen LogP contribution in [0, 0.1) is 0 Å². The van der Waals surface area contributed by atoms with Gasteiger partial charge >= 0.3 is 11.9 Å². The molecule has 96 valence electrons. The third-order valence-corrected chi connectivity index (χ3v) is 3.02. The van der Waals surface area contributed by atoms with Crippen LogP contribution in [0.1, 0.15) is 5.69 Å². The minimum absolute atomic E-state index is 0.201. The SMILES string of the molecule is O=C(O)CN(CC(=O)O)Cc1cn2ccsc2n1. The smallest absolute Gasteiger partial charge is 0.317 e. The van der Waals surface area contributed by atoms with Crippen LogP contribution in [0.25, 0.3) is 4.96 Å². The van der Waals surface area contributed by atoms with Gasteiger partial charge in [0.1, 0.15) is 0 Å². The summed E-state index contributed by atoms with van der Waals surface area (Å²) in [7, 11) is 0. The Balaban J connectivity index is 2.09. The van der Waals surface area contributed by atoms with Crippen LogP contribution in [0.15, 0.2) is 17.8 Å². The lowest BCUT2D eigenvalue weighted by Gasteiger charge is -2.15. The molecule has 0 saturated carbocycles. The van der Waals surface area contributed by atoms with E-state index < -0.39 is 11.9 Å². The second kappa shape index (κ2) is 5.15. The number of rotatable bonds is 6. The molecule has 0 atom stereocenters. The summed E-state index contributed by atoms with van der Waals surface area (Å²) in [5.74, 6) is -2.12. The zero-order chi connectivity index (χ0) is 13.1. The lowest BCUT2D eigenvalue weighted by molar-refractivity contribution is -0.142. The van der Waals surface area contributed by atoms with Gasteiger partial charge in [0.25, 0.3) is 0 Å². The van der Waals surface area contributed by atoms with E-state index in [9.17, 15) is 9.59 Å². The van der Waals surface area contributed by atoms with Crippen LogP contribution in [0.4, 0.5) is 0 Å². The van der Waals surface area contributed by atoms with Crippen molar-refractivity contribution in [1.82, 2.24) is 14.3 Å². The Morgan fingerprint density at radius 1 is 1.33 bits per heavy atom. The molecule has 0 aliphatic carbocycles. The molecule has 2 aromatic rings. The number of fused-ring (bicyclic) bond motifs is 1. The molecule has 8 heteroatoms. The van der Waals surface area contributed by atoms with Gasteiger partial charge in [0, 0.05) is 24.3 Å². The van der Waals surface area contributed by atoms with E-state index in [1.807, 2.05) is 16.0 Å². The predicted octanol–water partition coefficient (Wildman–Crippen LogP) is 0.367. The second-order valence-corrected chi connectivity index (χ2v) is 4.63. The van der Waals surface area contributed by atoms with Crippen molar-refractivity contribution in [3.05, 3.63) is 23.5 Å². The summed E-state index contributed by atoms with van der Waals surface area (Å²) in [4.78, 5) is 27.7. The Kier molecular flexibility index (Phi) is 3.58. The zero-order valence-electron chi connectivity index (χ0n) is 9.31. The molecule has 0 aromatic carbocycles. The molecule has 2 aromatic heterocycles. The van der Waals surface area contributed by atoms with Gasteiger partial charge in [-0.05, 0) is 0 Å². The highest BCUT2D eigenvalue weighted by molar-refractivity contribution is 7.15. The Morgan fingerprint density at radius 2 is 2.00 bits per heavy atom. The predicted molar refractivity (Wildman–Crippen MR) is 63.6 cm³/mol. The van der Waals surface area contributed by atoms with E-state index in [1.54, 1.807) is 6.20 Å². The first kappa shape index (κ1) is 12.5. The van der Waals surface area contributed by atoms with Crippen molar-refractivity contribution in [3.63, 3.8) is 0 Å². The van der Waals surface area contributed by atoms with E-state index in [0.29, 0.717) is 5.69 Å². The maximum atomic E-state index is 10.6. The molecule has 0 spiro atoms. The topological polar surface area (TPSA) is 95.1 Å². The van der Waals surface area contributed by atoms with Gasteiger partial charge in [-0.3, -0.25) is 18.9 Å². The fourth-order valence-corrected chi connectivity index (χ4v) is 2.35. The first-order valence-electron chi connectivity index (χ1n) is 5.11. The summed E-state index contributed by atoms with van der Waals surface area (Å²) < 4.78 is 1.82. The molecular formula is C10H11N3O4S. The summed E-state index contributed by atoms with van der Waals surface area (Å²) >= 11 is 1.46. The largest absolute Gasteiger partial charge is 0.480 e. The third-order valence-electron chi connectivity index (χ3n) is 2.25. The van der Waals surface area contributed by atoms with Crippen molar-refractivity contribution in [1.29, 1.82) is 0 Å². The van der Waals surface area contributed by atoms with Crippen molar-refractivity contribution >= 4 is 28.2 Å². The number of carboxylic acid groups (broad SMARTS) is 2. The van der Waals surface area contributed by atoms with Gasteiger partial charge in [0.15, 0.2) is 4.96 Å². The molecule has 0 aliphatic heterocycles. The highest BCUT2D eigenvalue weighted by Gasteiger charge is 2.15. The first-order chi connectivity index (χ1) is 8.54. The highest BCUT2D eigenvalue weighted by atomic mass is 32.1. The van der Waals surface area contributed by atoms with Crippen LogP contribution in [0.5, 0.6) is 0 Å². The van der Waals surface area contributed by atoms with Gasteiger partial charge in [0.2, 0.25) is 0 Å². The number of imidazole rings is 1. The number of carbonyl (C=O) groups is 2. The van der Waals surface area contributed by atoms with Gasteiger partial charge in [-0.15, -0.1) is 11.3 Å². The van der Waals surface area contributed by atoms with Gasteiger partial charge < -0.3 is 10.2 Å². The standard InChI is InChI=1S/C10H11N3O4S/c14-8(15)5-12(6-9(16)17)3-7-4-13-1-2-18-10(13)11-7/h1-2,4H,3,5-6H2,(H,14,15)(H,16,17). The van der Waals surface area contributed by atoms with Crippen molar-refractivity contribution in [2.24, 2.45) is 0 Å². The lowest BCUT2D eigenvalue weighted by Crippen LogP contribution is -2.34. The Bertz CT molecular complexity index is 532. The Labute approximate surface area is 106 Å². The fourth-order valence-electron chi connectivity index (χ4n) is 1.63. The van der Waals surface area contributed by atoms with E-state index >= 15 is 0 Å². The van der Waals surface area contributed by atoms with E-state index in [0.717, 1.165) is 4.96 Å². The van der Waals surface area contributed by atoms with Crippen LogP contribution in [-0.4, -0.2) is 49.5 Å². The molecule has 0 fully saturated rings. The van der Waals surface area contributed by atoms with Crippen molar-refractivity contribution in [2.75, 3.05) is 13.1 Å². The van der Waals surface area contributed by atoms with Crippen molar-refractivity contribution in [2.45, 2.75) is 6.54 Å². The van der Waals surface area contributed by atoms with Gasteiger partial charge in [-0.1, -0.05) is 0 Å². The van der Waals surface area contributed by atoms with Crippen LogP contribution in [0.2, 0.25) is 0 Å². The monoisotopic (exact) mass is 269 g/mol. The molecule has 0 unspecified atom stereocenters. The summed E-state index contributed by atoms with van der Waals surface area (Å²) in [5.41, 5.74) is 0.657. The molecule has 0 amide bonds. The minimum atomic E-state index is -1.06. The van der Waals surface area contributed by atoms with E-state index in [-0.39, 0.29) is 19.6 Å². The van der Waals surface area contributed by atoms with Crippen LogP contribution < -0.4 is 0 Å². The average Bonchev–Trinajstić information content (AvgIpc) is 2.74. The average molecular weight is 269 g/mol. The van der Waals surface area contributed by atoms with Crippen LogP contribution in [-0.2, 0) is 16.1 Å². The molecule has 2 heterocycles. The minimum Gasteiger partial charge on any atom is -0.480 e. The molecular weight excluding hydrogens is 258 g/mol. The van der Waals surface area contributed by atoms with Crippen molar-refractivity contribution < 1.29 is 19.8 Å². The number of carboxylic acids is 2. The number of aromatic nitrogens is 2. The second-order valence-electron chi connectivity index (χ2n) is 3.76. The molecule has 18 heavy (non-hydrogen) atoms. The number of nitrogens with zero attached hydrogens (tertiary/aromatic N) is 3. The molecule has 0 aliphatic rings. The molecule has 2 N–H and O–H groups in total. The van der Waals surface area contributed by atoms with Crippen LogP contribution >= 0.6 is 11.3 Å². The first-order valence-corrected chi connectivity index (χ1v) is 5.99. The molecule has 7 nitrogen and oxygen atoms in total. The van der Waals surface area contributed by atoms with E-state index in [4.69, 9.17) is 10.2 Å². The maximum absolute atomic E-state index is 10.6. The number of aliphatic carboxylic acids is 2. The fraction of sp³-hybridized carbons (Fsp3) is 0.300. The van der Waals surface area contributed by atoms with Gasteiger partial charge in [-0.25, -0.2) is 4.98 Å². The molecule has 0 saturated heterocycles. The lowest BCUT2D eigenvalue weighted by atomic mass is 10.4. The van der Waals surface area contributed by atoms with Gasteiger partial charge in [-0.2, -0.15) is 0 Å². The maximum Gasteiger partial charge on any atom is 0.317 e. The number of thiazole rings is 1. The van der Waals surface area contributed by atoms with E-state index in [2.05, 4.69) is 4.98 Å². The molecule has 2 rings (SSSR count). The Morgan fingerprint density at radius 3 is 2.56 bits per heavy atom. The summed E-state index contributed by atoms with van der Waals surface area (Å²) in [6.45, 7) is -0.443. The molecule has 0 bridgehead atoms. The van der Waals surface area contributed by atoms with Crippen LogP contribution in [0.3, 0.4) is 0 Å². The summed E-state index contributed by atoms with van der Waals surface area (Å²) in [6.07, 6.45) is 3.61. The third kappa shape index (κ3) is 3.05. The highest BCUT2D eigenvalue weighted by Crippen LogP contribution is 2.12. The zero-order valence-corrected chi connectivity index (χ0v) is 10.1. The quantitative estimate of drug-likeness (QED) is 0.786. The molecule has 0 radical (unpaired) electrons. The summed E-state index contributed by atoms with van der Waals surface area (Å²) in [5, 5.41) is 19.3. The Hall–Kier alpha value is -1.93. The summed E-state index contributed by atoms with van der Waals surface area (Å²) in [6, 6.07) is 0. The number of hydrogen-bond acceptors (Lipinski definition) is 5.